The summed E-state index contributed by atoms with van der Waals surface area (Å²) in [4.78, 5) is 15.7. The molecule has 59 heavy (non-hydrogen) atoms. The molecule has 0 saturated heterocycles. The van der Waals surface area contributed by atoms with Crippen LogP contribution in [-0.4, -0.2) is 19.5 Å². The molecule has 2 heterocycles. The molecule has 0 N–H and O–H groups in total. The zero-order valence-electron chi connectivity index (χ0n) is 31.9. The largest absolute Gasteiger partial charge is 0.309 e. The number of rotatable bonds is 5. The molecule has 0 aliphatic heterocycles. The van der Waals surface area contributed by atoms with Crippen LogP contribution < -0.4 is 0 Å². The fourth-order valence-corrected chi connectivity index (χ4v) is 8.95. The summed E-state index contributed by atoms with van der Waals surface area (Å²) in [6.07, 6.45) is 0. The van der Waals surface area contributed by atoms with Crippen LogP contribution in [0.4, 0.5) is 0 Å². The average Bonchev–Trinajstić information content (AvgIpc) is 3.64. The first-order valence-corrected chi connectivity index (χ1v) is 20.0. The highest BCUT2D eigenvalue weighted by Gasteiger charge is 2.21. The normalized spacial score (nSPS) is 11.7. The summed E-state index contributed by atoms with van der Waals surface area (Å²) in [5.41, 5.74) is 8.39. The van der Waals surface area contributed by atoms with Gasteiger partial charge in [0.1, 0.15) is 0 Å². The predicted octanol–water partition coefficient (Wildman–Crippen LogP) is 14.2. The molecule has 274 valence electrons. The van der Waals surface area contributed by atoms with E-state index in [1.165, 1.54) is 54.0 Å². The van der Waals surface area contributed by atoms with Crippen LogP contribution in [0.25, 0.3) is 116 Å². The summed E-state index contributed by atoms with van der Waals surface area (Å²) >= 11 is 0. The van der Waals surface area contributed by atoms with Crippen molar-refractivity contribution < 1.29 is 0 Å². The van der Waals surface area contributed by atoms with Gasteiger partial charge in [-0.15, -0.1) is 0 Å². The van der Waals surface area contributed by atoms with Gasteiger partial charge in [0.15, 0.2) is 17.5 Å². The van der Waals surface area contributed by atoms with Crippen LogP contribution in [0, 0.1) is 0 Å². The third kappa shape index (κ3) is 5.49. The van der Waals surface area contributed by atoms with Gasteiger partial charge in [0.2, 0.25) is 0 Å². The maximum Gasteiger partial charge on any atom is 0.164 e. The zero-order valence-corrected chi connectivity index (χ0v) is 31.9. The second kappa shape index (κ2) is 13.3. The predicted molar refractivity (Wildman–Crippen MR) is 246 cm³/mol. The highest BCUT2D eigenvalue weighted by Crippen LogP contribution is 2.42. The van der Waals surface area contributed by atoms with E-state index >= 15 is 0 Å². The highest BCUT2D eigenvalue weighted by atomic mass is 15.0. The maximum absolute atomic E-state index is 5.31. The lowest BCUT2D eigenvalue weighted by Gasteiger charge is -2.17. The summed E-state index contributed by atoms with van der Waals surface area (Å²) < 4.78 is 2.46. The van der Waals surface area contributed by atoms with Gasteiger partial charge in [-0.25, -0.2) is 15.0 Å². The van der Waals surface area contributed by atoms with Crippen molar-refractivity contribution in [3.8, 4) is 51.0 Å². The topological polar surface area (TPSA) is 43.6 Å². The van der Waals surface area contributed by atoms with Gasteiger partial charge in [-0.1, -0.05) is 170 Å². The minimum atomic E-state index is 0.621. The molecule has 0 saturated carbocycles. The van der Waals surface area contributed by atoms with Crippen molar-refractivity contribution in [2.24, 2.45) is 0 Å². The van der Waals surface area contributed by atoms with Gasteiger partial charge >= 0.3 is 0 Å². The molecule has 0 amide bonds. The lowest BCUT2D eigenvalue weighted by atomic mass is 9.93. The molecule has 4 heteroatoms. The van der Waals surface area contributed by atoms with Gasteiger partial charge in [0.05, 0.1) is 11.0 Å². The first kappa shape index (κ1) is 33.2. The quantitative estimate of drug-likeness (QED) is 0.176. The number of fused-ring (bicyclic) bond motifs is 8. The standard InChI is InChI=1S/C55H34N4/c1-2-16-38(17-3-1)53-56-54(42-26-25-35-13-4-5-18-39(35)31-42)58-55(57-53)48-30-28-43(34-49(48)46-24-12-21-36-14-8-10-22-44(36)46)59-51-33-41-20-7-6-19-40(41)32-50(51)47-29-27-37-15-9-11-23-45(37)52(47)59/h1-34H. The summed E-state index contributed by atoms with van der Waals surface area (Å²) in [5, 5.41) is 12.0. The summed E-state index contributed by atoms with van der Waals surface area (Å²) in [6.45, 7) is 0. The molecular formula is C55H34N4. The van der Waals surface area contributed by atoms with Crippen LogP contribution in [0.1, 0.15) is 0 Å². The third-order valence-electron chi connectivity index (χ3n) is 11.8. The van der Waals surface area contributed by atoms with Crippen molar-refractivity contribution in [1.29, 1.82) is 0 Å². The molecule has 0 unspecified atom stereocenters. The van der Waals surface area contributed by atoms with Crippen molar-refractivity contribution in [1.82, 2.24) is 19.5 Å². The van der Waals surface area contributed by atoms with Crippen LogP contribution in [0.15, 0.2) is 206 Å². The summed E-state index contributed by atoms with van der Waals surface area (Å²) in [5.74, 6) is 1.89. The molecule has 10 aromatic carbocycles. The molecule has 0 fully saturated rings. The molecule has 4 nitrogen and oxygen atoms in total. The fourth-order valence-electron chi connectivity index (χ4n) is 8.95. The first-order valence-electron chi connectivity index (χ1n) is 20.0. The van der Waals surface area contributed by atoms with Crippen molar-refractivity contribution in [3.63, 3.8) is 0 Å². The number of nitrogens with zero attached hydrogens (tertiary/aromatic N) is 4. The Hall–Kier alpha value is -7.95. The van der Waals surface area contributed by atoms with Crippen molar-refractivity contribution in [2.45, 2.75) is 0 Å². The number of benzene rings is 10. The molecule has 12 rings (SSSR count). The van der Waals surface area contributed by atoms with Gasteiger partial charge < -0.3 is 4.57 Å². The van der Waals surface area contributed by atoms with Gasteiger partial charge in [0, 0.05) is 38.5 Å². The van der Waals surface area contributed by atoms with Crippen LogP contribution >= 0.6 is 0 Å². The van der Waals surface area contributed by atoms with E-state index in [9.17, 15) is 0 Å². The van der Waals surface area contributed by atoms with Crippen molar-refractivity contribution in [3.05, 3.63) is 206 Å². The number of hydrogen-bond acceptors (Lipinski definition) is 3. The van der Waals surface area contributed by atoms with Crippen LogP contribution in [0.3, 0.4) is 0 Å². The first-order chi connectivity index (χ1) is 29.2. The minimum Gasteiger partial charge on any atom is -0.309 e. The minimum absolute atomic E-state index is 0.621. The second-order valence-corrected chi connectivity index (χ2v) is 15.2. The van der Waals surface area contributed by atoms with E-state index in [0.29, 0.717) is 17.5 Å². The van der Waals surface area contributed by atoms with E-state index in [-0.39, 0.29) is 0 Å². The Balaban J connectivity index is 1.17. The van der Waals surface area contributed by atoms with Crippen molar-refractivity contribution in [2.75, 3.05) is 0 Å². The van der Waals surface area contributed by atoms with E-state index in [1.807, 2.05) is 18.2 Å². The van der Waals surface area contributed by atoms with Gasteiger partial charge in [-0.3, -0.25) is 0 Å². The summed E-state index contributed by atoms with van der Waals surface area (Å²) in [7, 11) is 0. The molecule has 0 spiro atoms. The molecule has 0 aliphatic carbocycles. The Morgan fingerprint density at radius 2 is 0.881 bits per heavy atom. The Morgan fingerprint density at radius 1 is 0.288 bits per heavy atom. The van der Waals surface area contributed by atoms with Gasteiger partial charge in [-0.2, -0.15) is 0 Å². The third-order valence-corrected chi connectivity index (χ3v) is 11.8. The molecule has 0 radical (unpaired) electrons. The smallest absolute Gasteiger partial charge is 0.164 e. The average molecular weight is 751 g/mol. The SMILES string of the molecule is c1ccc(-c2nc(-c3ccc4ccccc4c3)nc(-c3ccc(-n4c5cc6ccccc6cc5c5ccc6ccccc6c54)cc3-c3cccc4ccccc34)n2)cc1. The van der Waals surface area contributed by atoms with E-state index in [0.717, 1.165) is 44.4 Å². The molecule has 2 aromatic heterocycles. The zero-order chi connectivity index (χ0) is 38.9. The maximum atomic E-state index is 5.31. The van der Waals surface area contributed by atoms with Crippen LogP contribution in [0.5, 0.6) is 0 Å². The Kier molecular flexibility index (Phi) is 7.50. The van der Waals surface area contributed by atoms with Crippen LogP contribution in [-0.2, 0) is 0 Å². The van der Waals surface area contributed by atoms with E-state index in [1.54, 1.807) is 0 Å². The molecule has 0 bridgehead atoms. The lowest BCUT2D eigenvalue weighted by molar-refractivity contribution is 1.07. The molecule has 0 aliphatic rings. The molecule has 0 atom stereocenters. The summed E-state index contributed by atoms with van der Waals surface area (Å²) in [6, 6.07) is 73.6. The highest BCUT2D eigenvalue weighted by molar-refractivity contribution is 6.21. The Morgan fingerprint density at radius 3 is 1.68 bits per heavy atom. The molecule has 12 aromatic rings. The molecular weight excluding hydrogens is 717 g/mol. The van der Waals surface area contributed by atoms with E-state index in [4.69, 9.17) is 15.0 Å². The monoisotopic (exact) mass is 750 g/mol. The van der Waals surface area contributed by atoms with Crippen LogP contribution in [0.2, 0.25) is 0 Å². The second-order valence-electron chi connectivity index (χ2n) is 15.2. The Bertz CT molecular complexity index is 3620. The number of aromatic nitrogens is 4. The number of hydrogen-bond donors (Lipinski definition) is 0. The van der Waals surface area contributed by atoms with Crippen molar-refractivity contribution >= 4 is 64.9 Å². The van der Waals surface area contributed by atoms with E-state index < -0.39 is 0 Å². The van der Waals surface area contributed by atoms with Gasteiger partial charge in [0.25, 0.3) is 0 Å². The van der Waals surface area contributed by atoms with E-state index in [2.05, 4.69) is 193 Å². The Labute approximate surface area is 340 Å². The van der Waals surface area contributed by atoms with Gasteiger partial charge in [-0.05, 0) is 85.2 Å². The fraction of sp³-hybridized carbons (Fsp3) is 0. The lowest BCUT2D eigenvalue weighted by Crippen LogP contribution is -2.02.